The molecule has 0 saturated carbocycles. The highest BCUT2D eigenvalue weighted by atomic mass is 19.1. The van der Waals surface area contributed by atoms with Crippen molar-refractivity contribution < 1.29 is 28.3 Å². The zero-order chi connectivity index (χ0) is 16.3. The molecular weight excluding hydrogens is 298 g/mol. The fourth-order valence-corrected chi connectivity index (χ4v) is 2.23. The van der Waals surface area contributed by atoms with Crippen LogP contribution in [0.4, 0.5) is 8.78 Å². The summed E-state index contributed by atoms with van der Waals surface area (Å²) >= 11 is 0. The Hall–Kier alpha value is -2.51. The molecule has 0 bridgehead atoms. The topological polar surface area (TPSA) is 86.7 Å². The molecule has 1 unspecified atom stereocenters. The van der Waals surface area contributed by atoms with E-state index in [9.17, 15) is 23.2 Å². The van der Waals surface area contributed by atoms with E-state index in [0.717, 1.165) is 12.1 Å². The van der Waals surface area contributed by atoms with Crippen molar-refractivity contribution in [3.05, 3.63) is 35.4 Å². The molecule has 0 radical (unpaired) electrons. The molecule has 1 atom stereocenters. The van der Waals surface area contributed by atoms with Crippen molar-refractivity contribution in [1.29, 1.82) is 0 Å². The normalized spacial score (nSPS) is 17.6. The van der Waals surface area contributed by atoms with Crippen LogP contribution in [-0.4, -0.2) is 47.4 Å². The third-order valence-electron chi connectivity index (χ3n) is 3.41. The molecule has 8 heteroatoms. The number of nitrogens with one attached hydrogen (secondary N) is 1. The van der Waals surface area contributed by atoms with Crippen molar-refractivity contribution in [2.45, 2.75) is 6.42 Å². The highest BCUT2D eigenvalue weighted by molar-refractivity contribution is 5.94. The van der Waals surface area contributed by atoms with Gasteiger partial charge in [-0.3, -0.25) is 14.4 Å². The molecule has 1 saturated heterocycles. The Balaban J connectivity index is 1.85. The van der Waals surface area contributed by atoms with Crippen LogP contribution in [0.15, 0.2) is 18.2 Å². The first-order chi connectivity index (χ1) is 10.4. The fraction of sp³-hybridized carbons (Fsp3) is 0.357. The van der Waals surface area contributed by atoms with Crippen LogP contribution in [0.2, 0.25) is 0 Å². The van der Waals surface area contributed by atoms with Crippen LogP contribution in [0.1, 0.15) is 16.8 Å². The summed E-state index contributed by atoms with van der Waals surface area (Å²) in [6.45, 7) is 0.278. The maximum absolute atomic E-state index is 13.4. The Morgan fingerprint density at radius 2 is 2.09 bits per heavy atom. The summed E-state index contributed by atoms with van der Waals surface area (Å²) in [6, 6.07) is 2.61. The molecular formula is C14H14F2N2O4. The maximum Gasteiger partial charge on any atom is 0.308 e. The van der Waals surface area contributed by atoms with Crippen LogP contribution in [-0.2, 0) is 9.59 Å². The smallest absolute Gasteiger partial charge is 0.308 e. The third kappa shape index (κ3) is 3.57. The van der Waals surface area contributed by atoms with Crippen molar-refractivity contribution in [1.82, 2.24) is 10.2 Å². The van der Waals surface area contributed by atoms with Crippen LogP contribution in [0.25, 0.3) is 0 Å². The van der Waals surface area contributed by atoms with Crippen LogP contribution in [0, 0.1) is 17.6 Å². The van der Waals surface area contributed by atoms with Gasteiger partial charge in [-0.05, 0) is 12.1 Å². The lowest BCUT2D eigenvalue weighted by molar-refractivity contribution is -0.141. The van der Waals surface area contributed by atoms with Gasteiger partial charge in [-0.1, -0.05) is 0 Å². The Morgan fingerprint density at radius 1 is 1.36 bits per heavy atom. The summed E-state index contributed by atoms with van der Waals surface area (Å²) in [5, 5.41) is 11.3. The molecule has 1 aromatic carbocycles. The van der Waals surface area contributed by atoms with Gasteiger partial charge in [-0.15, -0.1) is 0 Å². The van der Waals surface area contributed by atoms with E-state index in [0.29, 0.717) is 6.07 Å². The molecule has 1 aliphatic rings. The van der Waals surface area contributed by atoms with Crippen LogP contribution < -0.4 is 5.32 Å². The first-order valence-corrected chi connectivity index (χ1v) is 6.62. The van der Waals surface area contributed by atoms with Crippen LogP contribution >= 0.6 is 0 Å². The molecule has 6 nitrogen and oxygen atoms in total. The lowest BCUT2D eigenvalue weighted by Gasteiger charge is -2.16. The first-order valence-electron chi connectivity index (χ1n) is 6.62. The van der Waals surface area contributed by atoms with Gasteiger partial charge in [0.2, 0.25) is 5.91 Å². The molecule has 2 amide bonds. The predicted octanol–water partition coefficient (Wildman–Crippen LogP) is 0.628. The van der Waals surface area contributed by atoms with E-state index in [-0.39, 0.29) is 37.5 Å². The van der Waals surface area contributed by atoms with Gasteiger partial charge >= 0.3 is 5.97 Å². The van der Waals surface area contributed by atoms with Crippen LogP contribution in [0.5, 0.6) is 0 Å². The number of hydrogen-bond acceptors (Lipinski definition) is 3. The molecule has 2 N–H and O–H groups in total. The summed E-state index contributed by atoms with van der Waals surface area (Å²) < 4.78 is 26.1. The molecule has 0 aromatic heterocycles. The van der Waals surface area contributed by atoms with Gasteiger partial charge in [0.15, 0.2) is 0 Å². The number of nitrogens with zero attached hydrogens (tertiary/aromatic N) is 1. The number of rotatable bonds is 5. The average molecular weight is 312 g/mol. The van der Waals surface area contributed by atoms with E-state index in [1.54, 1.807) is 0 Å². The zero-order valence-corrected chi connectivity index (χ0v) is 11.5. The van der Waals surface area contributed by atoms with Crippen molar-refractivity contribution >= 4 is 17.8 Å². The largest absolute Gasteiger partial charge is 0.481 e. The number of carbonyl (C=O) groups excluding carboxylic acids is 2. The predicted molar refractivity (Wildman–Crippen MR) is 71.0 cm³/mol. The monoisotopic (exact) mass is 312 g/mol. The second kappa shape index (κ2) is 6.50. The van der Waals surface area contributed by atoms with E-state index in [4.69, 9.17) is 5.11 Å². The van der Waals surface area contributed by atoms with Crippen LogP contribution in [0.3, 0.4) is 0 Å². The molecule has 22 heavy (non-hydrogen) atoms. The van der Waals surface area contributed by atoms with Gasteiger partial charge in [0.25, 0.3) is 5.91 Å². The molecule has 0 aliphatic carbocycles. The number of aliphatic carboxylic acids is 1. The van der Waals surface area contributed by atoms with E-state index in [1.807, 2.05) is 0 Å². The van der Waals surface area contributed by atoms with E-state index < -0.39 is 29.4 Å². The van der Waals surface area contributed by atoms with Crippen molar-refractivity contribution in [3.8, 4) is 0 Å². The second-order valence-electron chi connectivity index (χ2n) is 4.96. The molecule has 118 valence electrons. The number of benzene rings is 1. The van der Waals surface area contributed by atoms with Crippen molar-refractivity contribution in [3.63, 3.8) is 0 Å². The zero-order valence-electron chi connectivity index (χ0n) is 11.5. The molecule has 0 spiro atoms. The van der Waals surface area contributed by atoms with Gasteiger partial charge < -0.3 is 15.3 Å². The fourth-order valence-electron chi connectivity index (χ4n) is 2.23. The summed E-state index contributed by atoms with van der Waals surface area (Å²) in [7, 11) is 0. The molecule has 1 aromatic rings. The number of carboxylic acids is 1. The summed E-state index contributed by atoms with van der Waals surface area (Å²) in [6.07, 6.45) is -0.0597. The van der Waals surface area contributed by atoms with Gasteiger partial charge in [-0.2, -0.15) is 0 Å². The minimum Gasteiger partial charge on any atom is -0.481 e. The van der Waals surface area contributed by atoms with E-state index >= 15 is 0 Å². The highest BCUT2D eigenvalue weighted by Gasteiger charge is 2.33. The van der Waals surface area contributed by atoms with Gasteiger partial charge in [-0.25, -0.2) is 8.78 Å². The van der Waals surface area contributed by atoms with Crippen molar-refractivity contribution in [2.75, 3.05) is 19.6 Å². The van der Waals surface area contributed by atoms with Gasteiger partial charge in [0, 0.05) is 32.1 Å². The van der Waals surface area contributed by atoms with Gasteiger partial charge in [0.05, 0.1) is 11.5 Å². The number of hydrogen-bond donors (Lipinski definition) is 2. The number of halogens is 2. The Bertz CT molecular complexity index is 621. The molecule has 1 aliphatic heterocycles. The summed E-state index contributed by atoms with van der Waals surface area (Å²) in [5.41, 5.74) is -0.294. The Morgan fingerprint density at radius 3 is 2.68 bits per heavy atom. The van der Waals surface area contributed by atoms with Gasteiger partial charge in [0.1, 0.15) is 11.6 Å². The number of carboxylic acid groups (broad SMARTS) is 1. The second-order valence-corrected chi connectivity index (χ2v) is 4.96. The number of likely N-dealkylation sites (tertiary alicyclic amines) is 1. The molecule has 1 fully saturated rings. The van der Waals surface area contributed by atoms with Crippen molar-refractivity contribution in [2.24, 2.45) is 5.92 Å². The minimum atomic E-state index is -1.03. The SMILES string of the molecule is O=C(NCCN1CC(C(=O)O)CC1=O)c1ccc(F)cc1F. The quantitative estimate of drug-likeness (QED) is 0.835. The summed E-state index contributed by atoms with van der Waals surface area (Å²) in [5.74, 6) is -4.54. The lowest BCUT2D eigenvalue weighted by atomic mass is 10.1. The number of carbonyl (C=O) groups is 3. The standard InChI is InChI=1S/C14H14F2N2O4/c15-9-1-2-10(11(16)6-9)13(20)17-3-4-18-7-8(14(21)22)5-12(18)19/h1-2,6,8H,3-5,7H2,(H,17,20)(H,21,22). The minimum absolute atomic E-state index is 0.0493. The third-order valence-corrected chi connectivity index (χ3v) is 3.41. The summed E-state index contributed by atoms with van der Waals surface area (Å²) in [4.78, 5) is 35.4. The Kier molecular flexibility index (Phi) is 4.69. The first kappa shape index (κ1) is 15.9. The maximum atomic E-state index is 13.4. The molecule has 1 heterocycles. The average Bonchev–Trinajstić information content (AvgIpc) is 2.80. The Labute approximate surface area is 124 Å². The van der Waals surface area contributed by atoms with E-state index in [2.05, 4.69) is 5.32 Å². The van der Waals surface area contributed by atoms with E-state index in [1.165, 1.54) is 4.90 Å². The molecule has 2 rings (SSSR count). The highest BCUT2D eigenvalue weighted by Crippen LogP contribution is 2.17. The lowest BCUT2D eigenvalue weighted by Crippen LogP contribution is -2.36. The number of amides is 2.